The van der Waals surface area contributed by atoms with Gasteiger partial charge in [0.25, 0.3) is 5.91 Å². The molecule has 140 valence electrons. The van der Waals surface area contributed by atoms with E-state index < -0.39 is 11.9 Å². The predicted octanol–water partition coefficient (Wildman–Crippen LogP) is 1.73. The van der Waals surface area contributed by atoms with Crippen molar-refractivity contribution in [3.05, 3.63) is 59.2 Å². The van der Waals surface area contributed by atoms with Gasteiger partial charge in [-0.2, -0.15) is 0 Å². The van der Waals surface area contributed by atoms with Crippen LogP contribution in [-0.4, -0.2) is 33.8 Å². The summed E-state index contributed by atoms with van der Waals surface area (Å²) < 4.78 is 0. The van der Waals surface area contributed by atoms with Gasteiger partial charge in [-0.25, -0.2) is 0 Å². The standard InChI is InChI=1S/C13H13N3O3.C7H8O/c14-9-3-1-2-7-8(9)6-16(13(7)19)10-4-5-11(17)15-12(10)18;1-6-3-2-4-7(8)5-6/h1-3,10H,4-6,14H2,(H,15,17,18);2-5,8H,1H3. The second-order valence-electron chi connectivity index (χ2n) is 6.61. The highest BCUT2D eigenvalue weighted by atomic mass is 16.3. The third kappa shape index (κ3) is 3.92. The Labute approximate surface area is 156 Å². The van der Waals surface area contributed by atoms with Crippen molar-refractivity contribution < 1.29 is 19.5 Å². The lowest BCUT2D eigenvalue weighted by atomic mass is 10.0. The van der Waals surface area contributed by atoms with E-state index in [9.17, 15) is 14.4 Å². The van der Waals surface area contributed by atoms with Crippen molar-refractivity contribution in [2.45, 2.75) is 32.4 Å². The molecule has 1 unspecified atom stereocenters. The quantitative estimate of drug-likeness (QED) is 0.525. The van der Waals surface area contributed by atoms with Gasteiger partial charge in [-0.1, -0.05) is 18.2 Å². The van der Waals surface area contributed by atoms with E-state index in [0.29, 0.717) is 30.0 Å². The molecule has 2 aromatic rings. The summed E-state index contributed by atoms with van der Waals surface area (Å²) in [4.78, 5) is 36.7. The SMILES string of the molecule is Cc1cccc(O)c1.Nc1cccc2c1CN(C1CCC(=O)NC1=O)C2=O. The highest BCUT2D eigenvalue weighted by molar-refractivity contribution is 6.06. The number of fused-ring (bicyclic) bond motifs is 1. The number of hydrogen-bond donors (Lipinski definition) is 3. The molecule has 2 aliphatic heterocycles. The molecule has 3 amide bonds. The molecule has 2 heterocycles. The number of nitrogens with one attached hydrogen (secondary N) is 1. The second kappa shape index (κ2) is 7.49. The number of anilines is 1. The van der Waals surface area contributed by atoms with E-state index in [1.54, 1.807) is 30.3 Å². The van der Waals surface area contributed by atoms with Crippen LogP contribution in [0.3, 0.4) is 0 Å². The molecule has 0 bridgehead atoms. The zero-order chi connectivity index (χ0) is 19.6. The summed E-state index contributed by atoms with van der Waals surface area (Å²) in [6.45, 7) is 2.27. The average molecular weight is 367 g/mol. The van der Waals surface area contributed by atoms with Crippen LogP contribution in [0.25, 0.3) is 0 Å². The Balaban J connectivity index is 0.000000221. The molecule has 2 aromatic carbocycles. The van der Waals surface area contributed by atoms with Crippen molar-refractivity contribution >= 4 is 23.4 Å². The number of phenolic OH excluding ortho intramolecular Hbond substituents is 1. The maximum atomic E-state index is 12.3. The van der Waals surface area contributed by atoms with Gasteiger partial charge in [-0.05, 0) is 43.2 Å². The van der Waals surface area contributed by atoms with Gasteiger partial charge in [-0.15, -0.1) is 0 Å². The van der Waals surface area contributed by atoms with Crippen LogP contribution in [0.1, 0.15) is 34.3 Å². The molecule has 4 N–H and O–H groups in total. The molecule has 4 rings (SSSR count). The van der Waals surface area contributed by atoms with Gasteiger partial charge in [0.1, 0.15) is 11.8 Å². The number of aryl methyl sites for hydroxylation is 1. The topological polar surface area (TPSA) is 113 Å². The molecule has 27 heavy (non-hydrogen) atoms. The van der Waals surface area contributed by atoms with Crippen LogP contribution in [0.2, 0.25) is 0 Å². The molecule has 1 saturated heterocycles. The number of rotatable bonds is 1. The highest BCUT2D eigenvalue weighted by Gasteiger charge is 2.39. The number of nitrogen functional groups attached to an aromatic ring is 1. The number of piperidine rings is 1. The van der Waals surface area contributed by atoms with E-state index in [4.69, 9.17) is 10.8 Å². The summed E-state index contributed by atoms with van der Waals surface area (Å²) in [5.41, 5.74) is 8.80. The zero-order valence-electron chi connectivity index (χ0n) is 14.9. The summed E-state index contributed by atoms with van der Waals surface area (Å²) in [5, 5.41) is 11.1. The molecule has 7 nitrogen and oxygen atoms in total. The number of phenols is 1. The largest absolute Gasteiger partial charge is 0.508 e. The summed E-state index contributed by atoms with van der Waals surface area (Å²) in [7, 11) is 0. The third-order valence-corrected chi connectivity index (χ3v) is 4.62. The van der Waals surface area contributed by atoms with Crippen molar-refractivity contribution in [1.82, 2.24) is 10.2 Å². The van der Waals surface area contributed by atoms with Gasteiger partial charge < -0.3 is 15.7 Å². The normalized spacial score (nSPS) is 18.5. The Morgan fingerprint density at radius 3 is 2.48 bits per heavy atom. The molecule has 0 spiro atoms. The molecule has 1 atom stereocenters. The molecular formula is C20H21N3O4. The summed E-state index contributed by atoms with van der Waals surface area (Å²) in [6, 6.07) is 11.7. The first-order chi connectivity index (χ1) is 12.9. The van der Waals surface area contributed by atoms with E-state index in [1.807, 2.05) is 19.1 Å². The highest BCUT2D eigenvalue weighted by Crippen LogP contribution is 2.30. The lowest BCUT2D eigenvalue weighted by Crippen LogP contribution is -2.52. The Hall–Kier alpha value is -3.35. The maximum absolute atomic E-state index is 12.3. The fourth-order valence-corrected chi connectivity index (χ4v) is 3.24. The number of nitrogens with zero attached hydrogens (tertiary/aromatic N) is 1. The van der Waals surface area contributed by atoms with E-state index in [-0.39, 0.29) is 18.2 Å². The number of aromatic hydroxyl groups is 1. The fraction of sp³-hybridized carbons (Fsp3) is 0.250. The molecule has 2 aliphatic rings. The van der Waals surface area contributed by atoms with Gasteiger partial charge in [0.15, 0.2) is 0 Å². The van der Waals surface area contributed by atoms with Gasteiger partial charge in [0.05, 0.1) is 0 Å². The average Bonchev–Trinajstić information content (AvgIpc) is 2.94. The monoisotopic (exact) mass is 367 g/mol. The zero-order valence-corrected chi connectivity index (χ0v) is 14.9. The van der Waals surface area contributed by atoms with Crippen LogP contribution < -0.4 is 11.1 Å². The molecule has 1 fully saturated rings. The number of nitrogens with two attached hydrogens (primary N) is 1. The first-order valence-electron chi connectivity index (χ1n) is 8.64. The van der Waals surface area contributed by atoms with Gasteiger partial charge in [0, 0.05) is 29.8 Å². The number of imide groups is 1. The molecule has 0 radical (unpaired) electrons. The van der Waals surface area contributed by atoms with Crippen molar-refractivity contribution in [2.24, 2.45) is 0 Å². The van der Waals surface area contributed by atoms with Crippen LogP contribution >= 0.6 is 0 Å². The first kappa shape index (κ1) is 18.4. The van der Waals surface area contributed by atoms with E-state index in [2.05, 4.69) is 5.32 Å². The minimum Gasteiger partial charge on any atom is -0.508 e. The van der Waals surface area contributed by atoms with E-state index in [1.165, 1.54) is 4.90 Å². The Kier molecular flexibility index (Phi) is 5.12. The molecule has 7 heteroatoms. The Bertz CT molecular complexity index is 893. The number of carbonyl (C=O) groups excluding carboxylic acids is 3. The summed E-state index contributed by atoms with van der Waals surface area (Å²) >= 11 is 0. The minimum absolute atomic E-state index is 0.197. The molecule has 0 saturated carbocycles. The van der Waals surface area contributed by atoms with Crippen LogP contribution in [0.4, 0.5) is 5.69 Å². The molecular weight excluding hydrogens is 346 g/mol. The van der Waals surface area contributed by atoms with Gasteiger partial charge >= 0.3 is 0 Å². The number of carbonyl (C=O) groups is 3. The first-order valence-corrected chi connectivity index (χ1v) is 8.64. The Morgan fingerprint density at radius 2 is 1.89 bits per heavy atom. The fourth-order valence-electron chi connectivity index (χ4n) is 3.24. The summed E-state index contributed by atoms with van der Waals surface area (Å²) in [5.74, 6) is -0.553. The number of benzene rings is 2. The maximum Gasteiger partial charge on any atom is 0.255 e. The van der Waals surface area contributed by atoms with E-state index in [0.717, 1.165) is 11.1 Å². The van der Waals surface area contributed by atoms with Gasteiger partial charge in [-0.3, -0.25) is 19.7 Å². The molecule has 0 aromatic heterocycles. The lowest BCUT2D eigenvalue weighted by Gasteiger charge is -2.29. The van der Waals surface area contributed by atoms with Crippen LogP contribution in [0, 0.1) is 6.92 Å². The molecule has 0 aliphatic carbocycles. The number of amides is 3. The smallest absolute Gasteiger partial charge is 0.255 e. The van der Waals surface area contributed by atoms with Crippen molar-refractivity contribution in [2.75, 3.05) is 5.73 Å². The third-order valence-electron chi connectivity index (χ3n) is 4.62. The number of hydrogen-bond acceptors (Lipinski definition) is 5. The van der Waals surface area contributed by atoms with Crippen molar-refractivity contribution in [3.8, 4) is 5.75 Å². The minimum atomic E-state index is -0.586. The lowest BCUT2D eigenvalue weighted by molar-refractivity contribution is -0.136. The van der Waals surface area contributed by atoms with Crippen molar-refractivity contribution in [1.29, 1.82) is 0 Å². The Morgan fingerprint density at radius 1 is 1.15 bits per heavy atom. The van der Waals surface area contributed by atoms with Crippen LogP contribution in [-0.2, 0) is 16.1 Å². The summed E-state index contributed by atoms with van der Waals surface area (Å²) in [6.07, 6.45) is 0.621. The van der Waals surface area contributed by atoms with Crippen LogP contribution in [0.15, 0.2) is 42.5 Å². The van der Waals surface area contributed by atoms with E-state index >= 15 is 0 Å². The van der Waals surface area contributed by atoms with Gasteiger partial charge in [0.2, 0.25) is 11.8 Å². The van der Waals surface area contributed by atoms with Crippen molar-refractivity contribution in [3.63, 3.8) is 0 Å². The predicted molar refractivity (Wildman–Crippen MR) is 99.7 cm³/mol. The second-order valence-corrected chi connectivity index (χ2v) is 6.61. The van der Waals surface area contributed by atoms with Crippen LogP contribution in [0.5, 0.6) is 5.75 Å².